The van der Waals surface area contributed by atoms with Crippen LogP contribution in [0.15, 0.2) is 122 Å². The van der Waals surface area contributed by atoms with Gasteiger partial charge >= 0.3 is 0 Å². The Morgan fingerprint density at radius 1 is 0.373 bits per heavy atom. The van der Waals surface area contributed by atoms with Crippen molar-refractivity contribution in [2.75, 3.05) is 6.61 Å². The van der Waals surface area contributed by atoms with Gasteiger partial charge in [0.2, 0.25) is 5.91 Å². The first kappa shape index (κ1) is 63.8. The van der Waals surface area contributed by atoms with Crippen LogP contribution in [0.3, 0.4) is 0 Å². The number of aliphatic hydroxyl groups excluding tert-OH is 2. The van der Waals surface area contributed by atoms with Gasteiger partial charge in [-0.3, -0.25) is 4.79 Å². The first-order valence-corrected chi connectivity index (χ1v) is 28.2. The summed E-state index contributed by atoms with van der Waals surface area (Å²) in [5.74, 6) is -0.139. The van der Waals surface area contributed by atoms with Crippen LogP contribution in [0.5, 0.6) is 0 Å². The highest BCUT2D eigenvalue weighted by atomic mass is 16.3. The second-order valence-corrected chi connectivity index (χ2v) is 18.6. The normalized spacial score (nSPS) is 13.8. The van der Waals surface area contributed by atoms with Gasteiger partial charge in [-0.25, -0.2) is 0 Å². The molecule has 0 aromatic carbocycles. The monoisotopic (exact) mass is 926 g/mol. The molecular weight excluding hydrogens is 819 g/mol. The van der Waals surface area contributed by atoms with Crippen LogP contribution in [0.2, 0.25) is 0 Å². The Hall–Kier alpha value is -3.21. The van der Waals surface area contributed by atoms with Crippen molar-refractivity contribution in [3.63, 3.8) is 0 Å². The summed E-state index contributed by atoms with van der Waals surface area (Å²) >= 11 is 0. The number of hydrogen-bond donors (Lipinski definition) is 3. The second kappa shape index (κ2) is 57.1. The maximum Gasteiger partial charge on any atom is 0.220 e. The van der Waals surface area contributed by atoms with E-state index in [2.05, 4.69) is 129 Å². The van der Waals surface area contributed by atoms with E-state index >= 15 is 0 Å². The lowest BCUT2D eigenvalue weighted by molar-refractivity contribution is -0.122. The van der Waals surface area contributed by atoms with Gasteiger partial charge in [-0.15, -0.1) is 0 Å². The fourth-order valence-corrected chi connectivity index (χ4v) is 7.91. The van der Waals surface area contributed by atoms with Crippen LogP contribution >= 0.6 is 0 Å². The Balaban J connectivity index is 3.67. The molecule has 4 nitrogen and oxygen atoms in total. The van der Waals surface area contributed by atoms with Crippen molar-refractivity contribution in [2.24, 2.45) is 0 Å². The summed E-state index contributed by atoms with van der Waals surface area (Å²) in [6, 6.07) is -0.687. The van der Waals surface area contributed by atoms with Crippen molar-refractivity contribution in [2.45, 2.75) is 264 Å². The molecule has 0 aliphatic heterocycles. The molecule has 0 radical (unpaired) electrons. The van der Waals surface area contributed by atoms with Crippen molar-refractivity contribution in [3.05, 3.63) is 122 Å². The maximum atomic E-state index is 12.4. The van der Waals surface area contributed by atoms with E-state index in [-0.39, 0.29) is 12.5 Å². The quantitative estimate of drug-likeness (QED) is 0.0421. The van der Waals surface area contributed by atoms with Crippen LogP contribution in [0, 0.1) is 0 Å². The summed E-state index contributed by atoms with van der Waals surface area (Å²) in [4.78, 5) is 12.4. The summed E-state index contributed by atoms with van der Waals surface area (Å²) in [5, 5.41) is 23.1. The van der Waals surface area contributed by atoms with Crippen molar-refractivity contribution in [3.8, 4) is 0 Å². The Morgan fingerprint density at radius 2 is 0.672 bits per heavy atom. The molecule has 2 atom stereocenters. The van der Waals surface area contributed by atoms with Crippen LogP contribution in [0.25, 0.3) is 0 Å². The zero-order chi connectivity index (χ0) is 48.5. The van der Waals surface area contributed by atoms with Crippen molar-refractivity contribution in [1.29, 1.82) is 0 Å². The summed E-state index contributed by atoms with van der Waals surface area (Å²) in [6.07, 6.45) is 88.0. The molecule has 0 rings (SSSR count). The molecule has 2 unspecified atom stereocenters. The SMILES string of the molecule is CC/C=C\C/C=C\C/C=C\C/C=C\C/C=C\C/C=C\C/C=C\CCCC(=O)NC(CO)C(O)/C=C/CC/C=C/CC/C=C/CCCCCCCCCCCCCCCCCCCCCCCC. The van der Waals surface area contributed by atoms with Gasteiger partial charge in [0, 0.05) is 6.42 Å². The topological polar surface area (TPSA) is 69.6 Å². The number of allylic oxidation sites excluding steroid dienone is 19. The molecule has 0 fully saturated rings. The Kier molecular flexibility index (Phi) is 54.4. The van der Waals surface area contributed by atoms with Crippen LogP contribution < -0.4 is 5.32 Å². The number of carbonyl (C=O) groups is 1. The molecule has 3 N–H and O–H groups in total. The van der Waals surface area contributed by atoms with Gasteiger partial charge in [0.25, 0.3) is 0 Å². The molecule has 0 aliphatic carbocycles. The van der Waals surface area contributed by atoms with Gasteiger partial charge in [-0.2, -0.15) is 0 Å². The van der Waals surface area contributed by atoms with Gasteiger partial charge in [-0.05, 0) is 96.3 Å². The standard InChI is InChI=1S/C63H107NO3/c1-3-5-7-9-11-13-15-17-19-21-23-25-27-28-29-30-31-32-33-34-35-37-38-40-42-44-46-48-50-52-54-56-58-62(66)61(60-65)64-63(67)59-57-55-53-51-49-47-45-43-41-39-36-26-24-22-20-18-16-14-12-10-8-6-4-2/h6,8,12,14,18,20,24,26,39-42,45,47-48,50-51,53,56,58,61-62,65-66H,3-5,7,9-11,13,15-17,19,21-23,25,27-38,43-44,46,49,52,54-55,57,59-60H2,1-2H3,(H,64,67)/b8-6-,14-12-,20-18-,26-24-,41-39-,42-40+,47-45-,50-48+,53-51-,58-56+. The first-order chi connectivity index (χ1) is 33.2. The molecule has 0 heterocycles. The van der Waals surface area contributed by atoms with Crippen LogP contribution in [-0.4, -0.2) is 34.9 Å². The highest BCUT2D eigenvalue weighted by Crippen LogP contribution is 2.16. The Labute approximate surface area is 416 Å². The summed E-state index contributed by atoms with van der Waals surface area (Å²) < 4.78 is 0. The Morgan fingerprint density at radius 3 is 1.04 bits per heavy atom. The third kappa shape index (κ3) is 53.6. The third-order valence-corrected chi connectivity index (χ3v) is 12.2. The van der Waals surface area contributed by atoms with Crippen LogP contribution in [0.1, 0.15) is 251 Å². The smallest absolute Gasteiger partial charge is 0.220 e. The van der Waals surface area contributed by atoms with Crippen molar-refractivity contribution >= 4 is 5.91 Å². The van der Waals surface area contributed by atoms with E-state index in [0.717, 1.165) is 83.5 Å². The fourth-order valence-electron chi connectivity index (χ4n) is 7.91. The van der Waals surface area contributed by atoms with Gasteiger partial charge < -0.3 is 15.5 Å². The van der Waals surface area contributed by atoms with E-state index in [4.69, 9.17) is 0 Å². The minimum absolute atomic E-state index is 0.139. The minimum atomic E-state index is -0.905. The number of amides is 1. The molecule has 0 saturated heterocycles. The molecule has 1 amide bonds. The predicted molar refractivity (Wildman–Crippen MR) is 299 cm³/mol. The number of aliphatic hydroxyl groups is 2. The molecule has 0 aromatic heterocycles. The maximum absolute atomic E-state index is 12.4. The average molecular weight is 927 g/mol. The van der Waals surface area contributed by atoms with E-state index in [9.17, 15) is 15.0 Å². The Bertz CT molecular complexity index is 1330. The van der Waals surface area contributed by atoms with Gasteiger partial charge in [0.1, 0.15) is 0 Å². The summed E-state index contributed by atoms with van der Waals surface area (Å²) in [5.41, 5.74) is 0. The zero-order valence-corrected chi connectivity index (χ0v) is 43.9. The molecule has 0 spiro atoms. The number of hydrogen-bond acceptors (Lipinski definition) is 3. The number of unbranched alkanes of at least 4 members (excludes halogenated alkanes) is 25. The van der Waals surface area contributed by atoms with Gasteiger partial charge in [0.05, 0.1) is 18.8 Å². The number of nitrogens with one attached hydrogen (secondary N) is 1. The number of carbonyl (C=O) groups excluding carboxylic acids is 1. The summed E-state index contributed by atoms with van der Waals surface area (Å²) in [6.45, 7) is 4.16. The van der Waals surface area contributed by atoms with Crippen LogP contribution in [0.4, 0.5) is 0 Å². The summed E-state index contributed by atoms with van der Waals surface area (Å²) in [7, 11) is 0. The first-order valence-electron chi connectivity index (χ1n) is 28.2. The van der Waals surface area contributed by atoms with E-state index in [1.807, 2.05) is 6.08 Å². The van der Waals surface area contributed by atoms with E-state index in [1.165, 1.54) is 148 Å². The molecular formula is C63H107NO3. The van der Waals surface area contributed by atoms with Gasteiger partial charge in [-0.1, -0.05) is 270 Å². The highest BCUT2D eigenvalue weighted by molar-refractivity contribution is 5.76. The lowest BCUT2D eigenvalue weighted by Crippen LogP contribution is -2.45. The molecule has 0 aliphatic rings. The van der Waals surface area contributed by atoms with Crippen molar-refractivity contribution < 1.29 is 15.0 Å². The lowest BCUT2D eigenvalue weighted by Gasteiger charge is -2.19. The highest BCUT2D eigenvalue weighted by Gasteiger charge is 2.17. The lowest BCUT2D eigenvalue weighted by atomic mass is 10.0. The number of rotatable bonds is 50. The average Bonchev–Trinajstić information content (AvgIpc) is 3.33. The predicted octanol–water partition coefficient (Wildman–Crippen LogP) is 18.9. The van der Waals surface area contributed by atoms with E-state index in [0.29, 0.717) is 6.42 Å². The fraction of sp³-hybridized carbons (Fsp3) is 0.667. The minimum Gasteiger partial charge on any atom is -0.394 e. The second-order valence-electron chi connectivity index (χ2n) is 18.6. The van der Waals surface area contributed by atoms with Gasteiger partial charge in [0.15, 0.2) is 0 Å². The van der Waals surface area contributed by atoms with Crippen molar-refractivity contribution in [1.82, 2.24) is 5.32 Å². The molecule has 0 aromatic rings. The van der Waals surface area contributed by atoms with Crippen LogP contribution in [-0.2, 0) is 4.79 Å². The molecule has 0 saturated carbocycles. The molecule has 67 heavy (non-hydrogen) atoms. The molecule has 4 heteroatoms. The largest absolute Gasteiger partial charge is 0.394 e. The third-order valence-electron chi connectivity index (χ3n) is 12.2. The van der Waals surface area contributed by atoms with E-state index < -0.39 is 12.1 Å². The zero-order valence-electron chi connectivity index (χ0n) is 43.9. The molecule has 0 bridgehead atoms. The van der Waals surface area contributed by atoms with E-state index in [1.54, 1.807) is 6.08 Å². The molecule has 382 valence electrons.